The number of cyclic esters (lactones) is 1. The summed E-state index contributed by atoms with van der Waals surface area (Å²) in [6, 6.07) is -0.892. The van der Waals surface area contributed by atoms with Crippen LogP contribution in [-0.4, -0.2) is 168 Å². The van der Waals surface area contributed by atoms with Crippen molar-refractivity contribution in [3.63, 3.8) is 0 Å². The number of rotatable bonds is 15. The molecule has 3 saturated heterocycles. The van der Waals surface area contributed by atoms with Crippen molar-refractivity contribution < 1.29 is 58.7 Å². The Hall–Kier alpha value is -1.05. The minimum atomic E-state index is -1.86. The van der Waals surface area contributed by atoms with E-state index < -0.39 is 96.0 Å². The third-order valence-electron chi connectivity index (χ3n) is 12.5. The maximum Gasteiger partial charge on any atom is 0.317 e. The molecule has 17 atom stereocenters. The highest BCUT2D eigenvalue weighted by atomic mass is 16.7. The van der Waals surface area contributed by atoms with Crippen molar-refractivity contribution in [2.45, 2.75) is 191 Å². The van der Waals surface area contributed by atoms with Crippen LogP contribution in [-0.2, 0) is 33.2 Å². The number of ether oxygens (including phenoxy) is 6. The van der Waals surface area contributed by atoms with Gasteiger partial charge in [-0.25, -0.2) is 0 Å². The van der Waals surface area contributed by atoms with Crippen LogP contribution in [0.4, 0.5) is 0 Å². The molecule has 3 rings (SSSR count). The summed E-state index contributed by atoms with van der Waals surface area (Å²) in [6.07, 6.45) is -4.84. The Morgan fingerprint density at radius 2 is 1.77 bits per heavy atom. The van der Waals surface area contributed by atoms with E-state index in [-0.39, 0.29) is 37.3 Å². The average Bonchev–Trinajstić information content (AvgIpc) is 3.12. The maximum atomic E-state index is 14.9. The summed E-state index contributed by atoms with van der Waals surface area (Å²) in [6.45, 7) is 19.5. The van der Waals surface area contributed by atoms with E-state index in [4.69, 9.17) is 28.4 Å². The Labute approximate surface area is 336 Å². The smallest absolute Gasteiger partial charge is 0.317 e. The molecule has 0 aliphatic carbocycles. The Morgan fingerprint density at radius 1 is 1.11 bits per heavy atom. The van der Waals surface area contributed by atoms with Crippen LogP contribution in [0.3, 0.4) is 0 Å². The summed E-state index contributed by atoms with van der Waals surface area (Å²) in [5.41, 5.74) is -4.61. The lowest BCUT2D eigenvalue weighted by Crippen LogP contribution is -2.72. The molecule has 3 fully saturated rings. The number of aliphatic hydroxyl groups excluding tert-OH is 3. The number of likely N-dealkylation sites (N-methyl/N-ethyl adjacent to an activating group) is 1. The molecule has 5 unspecified atom stereocenters. The minimum absolute atomic E-state index is 0.0646. The van der Waals surface area contributed by atoms with Gasteiger partial charge < -0.3 is 69.5 Å². The molecule has 3 aliphatic heterocycles. The SMILES string of the molecule is CCCNCCC(C)OC1(CC(C)(CO)OC)O[C@H]2[C@H](C)[C@@H](O[C@@H]3O[C@H](C)CC(N(C)C)C3O)[C@](C)(O)C[C@@H](C)CN[C@H](C)[C@@H](O)[C@](C)(O)[C@@H](CC)OC(=O)[C@@H]21. The Morgan fingerprint density at radius 3 is 2.34 bits per heavy atom. The van der Waals surface area contributed by atoms with Crippen molar-refractivity contribution in [1.82, 2.24) is 15.5 Å². The van der Waals surface area contributed by atoms with Crippen molar-refractivity contribution in [3.05, 3.63) is 0 Å². The Bertz CT molecular complexity index is 1210. The van der Waals surface area contributed by atoms with Gasteiger partial charge in [-0.1, -0.05) is 27.7 Å². The molecular weight excluding hydrogens is 726 g/mol. The van der Waals surface area contributed by atoms with Crippen LogP contribution in [0.25, 0.3) is 0 Å². The number of aliphatic hydroxyl groups is 5. The topological polar surface area (TPSA) is 201 Å². The first-order chi connectivity index (χ1) is 26.0. The molecule has 15 nitrogen and oxygen atoms in total. The number of carbonyl (C=O) groups excluding carboxylic acids is 1. The van der Waals surface area contributed by atoms with Crippen molar-refractivity contribution in [1.29, 1.82) is 0 Å². The van der Waals surface area contributed by atoms with E-state index in [0.29, 0.717) is 25.9 Å². The molecule has 0 aromatic carbocycles. The number of hydrogen-bond acceptors (Lipinski definition) is 15. The van der Waals surface area contributed by atoms with Crippen molar-refractivity contribution >= 4 is 5.97 Å². The van der Waals surface area contributed by atoms with E-state index >= 15 is 0 Å². The maximum absolute atomic E-state index is 14.9. The van der Waals surface area contributed by atoms with Crippen LogP contribution in [0.2, 0.25) is 0 Å². The second-order valence-electron chi connectivity index (χ2n) is 18.2. The zero-order chi connectivity index (χ0) is 42.4. The summed E-state index contributed by atoms with van der Waals surface area (Å²) < 4.78 is 38.6. The van der Waals surface area contributed by atoms with Crippen LogP contribution >= 0.6 is 0 Å². The third-order valence-corrected chi connectivity index (χ3v) is 12.5. The Balaban J connectivity index is 2.22. The molecule has 0 aromatic rings. The van der Waals surface area contributed by atoms with E-state index in [0.717, 1.165) is 13.0 Å². The lowest BCUT2D eigenvalue weighted by molar-refractivity contribution is -0.416. The molecule has 3 aliphatic rings. The highest BCUT2D eigenvalue weighted by molar-refractivity contribution is 5.76. The van der Waals surface area contributed by atoms with E-state index in [1.165, 1.54) is 14.0 Å². The summed E-state index contributed by atoms with van der Waals surface area (Å²) in [5.74, 6) is -4.47. The number of nitrogens with zero attached hydrogens (tertiary/aromatic N) is 1. The predicted molar refractivity (Wildman–Crippen MR) is 212 cm³/mol. The van der Waals surface area contributed by atoms with E-state index in [1.54, 1.807) is 27.7 Å². The predicted octanol–water partition coefficient (Wildman–Crippen LogP) is 1.93. The number of fused-ring (bicyclic) bond motifs is 1. The standard InChI is InChI=1S/C41H79N3O12/c1-14-17-42-18-16-25(4)55-41(22-38(8,23-45)51-13)31-33(56-41)27(6)35(54-37-32(46)29(44(11)12)19-26(5)52-37)39(9,49)20-24(3)21-43-28(7)34(47)40(10,50)30(15-2)53-36(31)48/h24-35,37,42-43,45-47,49-50H,14-23H2,1-13H3/t24-,25?,26-,27+,28-,29?,30-,31-,32?,33+,34-,35-,37+,38?,39-,40-,41?/m1/s1. The van der Waals surface area contributed by atoms with Gasteiger partial charge in [-0.2, -0.15) is 0 Å². The van der Waals surface area contributed by atoms with E-state index in [2.05, 4.69) is 17.6 Å². The van der Waals surface area contributed by atoms with Gasteiger partial charge >= 0.3 is 5.97 Å². The molecular formula is C41H79N3O12. The molecule has 330 valence electrons. The molecule has 15 heteroatoms. The van der Waals surface area contributed by atoms with Crippen LogP contribution in [0.5, 0.6) is 0 Å². The van der Waals surface area contributed by atoms with Crippen molar-refractivity contribution in [3.8, 4) is 0 Å². The molecule has 0 amide bonds. The number of methoxy groups -OCH3 is 1. The molecule has 0 radical (unpaired) electrons. The summed E-state index contributed by atoms with van der Waals surface area (Å²) in [4.78, 5) is 16.8. The molecule has 7 N–H and O–H groups in total. The fraction of sp³-hybridized carbons (Fsp3) is 0.976. The summed E-state index contributed by atoms with van der Waals surface area (Å²) in [5, 5.41) is 64.7. The zero-order valence-electron chi connectivity index (χ0n) is 36.6. The van der Waals surface area contributed by atoms with Crippen LogP contribution in [0.1, 0.15) is 108 Å². The van der Waals surface area contributed by atoms with E-state index in [1.807, 2.05) is 46.7 Å². The number of nitrogens with one attached hydrogen (secondary N) is 2. The van der Waals surface area contributed by atoms with Gasteiger partial charge in [0.25, 0.3) is 0 Å². The molecule has 0 saturated carbocycles. The fourth-order valence-corrected chi connectivity index (χ4v) is 9.02. The van der Waals surface area contributed by atoms with Gasteiger partial charge in [-0.15, -0.1) is 0 Å². The molecule has 3 heterocycles. The highest BCUT2D eigenvalue weighted by Crippen LogP contribution is 2.52. The first kappa shape index (κ1) is 49.3. The lowest BCUT2D eigenvalue weighted by Gasteiger charge is -2.59. The van der Waals surface area contributed by atoms with Gasteiger partial charge in [0.1, 0.15) is 29.8 Å². The Kier molecular flexibility index (Phi) is 18.0. The molecule has 56 heavy (non-hydrogen) atoms. The highest BCUT2D eigenvalue weighted by Gasteiger charge is 2.67. The van der Waals surface area contributed by atoms with E-state index in [9.17, 15) is 30.3 Å². The monoisotopic (exact) mass is 806 g/mol. The summed E-state index contributed by atoms with van der Waals surface area (Å²) in [7, 11) is 5.24. The van der Waals surface area contributed by atoms with Gasteiger partial charge in [0.15, 0.2) is 12.1 Å². The fourth-order valence-electron chi connectivity index (χ4n) is 9.02. The minimum Gasteiger partial charge on any atom is -0.459 e. The molecule has 0 aromatic heterocycles. The zero-order valence-corrected chi connectivity index (χ0v) is 36.6. The quantitative estimate of drug-likeness (QED) is 0.0935. The largest absolute Gasteiger partial charge is 0.459 e. The number of hydrogen-bond donors (Lipinski definition) is 7. The van der Waals surface area contributed by atoms with Gasteiger partial charge in [-0.05, 0) is 113 Å². The van der Waals surface area contributed by atoms with Crippen LogP contribution < -0.4 is 10.6 Å². The first-order valence-electron chi connectivity index (χ1n) is 21.0. The second kappa shape index (κ2) is 20.5. The normalized spacial score (nSPS) is 43.4. The van der Waals surface area contributed by atoms with Gasteiger partial charge in [0.05, 0.1) is 42.2 Å². The average molecular weight is 806 g/mol. The lowest BCUT2D eigenvalue weighted by atomic mass is 9.70. The van der Waals surface area contributed by atoms with Gasteiger partial charge in [0.2, 0.25) is 0 Å². The number of esters is 1. The van der Waals surface area contributed by atoms with Crippen molar-refractivity contribution in [2.24, 2.45) is 17.8 Å². The first-order valence-corrected chi connectivity index (χ1v) is 21.0. The summed E-state index contributed by atoms with van der Waals surface area (Å²) >= 11 is 0. The van der Waals surface area contributed by atoms with Gasteiger partial charge in [-0.3, -0.25) is 4.79 Å². The molecule has 0 spiro atoms. The number of carbonyl (C=O) groups is 1. The van der Waals surface area contributed by atoms with Crippen molar-refractivity contribution in [2.75, 3.05) is 47.4 Å². The van der Waals surface area contributed by atoms with Crippen LogP contribution in [0.15, 0.2) is 0 Å². The van der Waals surface area contributed by atoms with Gasteiger partial charge in [0, 0.05) is 31.5 Å². The van der Waals surface area contributed by atoms with Crippen LogP contribution in [0, 0.1) is 17.8 Å². The third kappa shape index (κ3) is 11.6. The second-order valence-corrected chi connectivity index (χ2v) is 18.2. The molecule has 0 bridgehead atoms.